The number of hydroxylamine groups is 1. The van der Waals surface area contributed by atoms with Crippen LogP contribution in [0.15, 0.2) is 151 Å². The molecular weight excluding hydrogens is 1640 g/mol. The van der Waals surface area contributed by atoms with Gasteiger partial charge in [0.2, 0.25) is 31.0 Å². The van der Waals surface area contributed by atoms with Crippen molar-refractivity contribution in [3.63, 3.8) is 0 Å². The van der Waals surface area contributed by atoms with Crippen molar-refractivity contribution in [2.24, 2.45) is 40.0 Å². The van der Waals surface area contributed by atoms with Crippen molar-refractivity contribution in [2.45, 2.75) is 65.7 Å². The Morgan fingerprint density at radius 3 is 1.56 bits per heavy atom. The second kappa shape index (κ2) is 51.6. The summed E-state index contributed by atoms with van der Waals surface area (Å²) in [5.74, 6) is -3.36. The Labute approximate surface area is 726 Å². The van der Waals surface area contributed by atoms with E-state index in [2.05, 4.69) is 26.4 Å². The number of ether oxygens (including phenoxy) is 13. The lowest BCUT2D eigenvalue weighted by molar-refractivity contribution is -0.145. The summed E-state index contributed by atoms with van der Waals surface area (Å²) in [6.45, 7) is 10.2. The molecule has 34 heteroatoms. The van der Waals surface area contributed by atoms with Crippen LogP contribution < -0.4 is 30.9 Å². The minimum Gasteiger partial charge on any atom is -0.491 e. The van der Waals surface area contributed by atoms with E-state index in [0.29, 0.717) is 17.7 Å². The van der Waals surface area contributed by atoms with Gasteiger partial charge >= 0.3 is 24.1 Å². The van der Waals surface area contributed by atoms with Crippen LogP contribution in [0.25, 0.3) is 22.3 Å². The number of carbonyl (C=O) groups is 9. The van der Waals surface area contributed by atoms with Gasteiger partial charge in [-0.1, -0.05) is 132 Å². The number of hydrogen-bond acceptors (Lipinski definition) is 25. The van der Waals surface area contributed by atoms with E-state index in [4.69, 9.17) is 71.5 Å². The minimum absolute atomic E-state index is 0.00718. The summed E-state index contributed by atoms with van der Waals surface area (Å²) < 4.78 is 84.8. The van der Waals surface area contributed by atoms with Gasteiger partial charge in [0.05, 0.1) is 104 Å². The number of amides is 6. The monoisotopic (exact) mass is 1760 g/mol. The van der Waals surface area contributed by atoms with Gasteiger partial charge < -0.3 is 87.1 Å². The van der Waals surface area contributed by atoms with Crippen LogP contribution in [0.2, 0.25) is 0 Å². The highest BCUT2D eigenvalue weighted by atomic mass is 32.2. The van der Waals surface area contributed by atoms with E-state index in [1.807, 2.05) is 132 Å². The van der Waals surface area contributed by atoms with Crippen molar-refractivity contribution >= 4 is 78.5 Å². The Kier molecular flexibility index (Phi) is 40.7. The summed E-state index contributed by atoms with van der Waals surface area (Å²) in [6, 6.07) is 44.2. The molecule has 0 bridgehead atoms. The van der Waals surface area contributed by atoms with Crippen molar-refractivity contribution in [2.75, 3.05) is 183 Å². The smallest absolute Gasteiger partial charge is 0.435 e. The topological polar surface area (TPSA) is 404 Å². The zero-order chi connectivity index (χ0) is 88.6. The molecule has 1 aliphatic heterocycles. The maximum atomic E-state index is 14.3. The second-order valence-electron chi connectivity index (χ2n) is 31.1. The molecule has 9 rings (SSSR count). The van der Waals surface area contributed by atoms with Crippen LogP contribution in [0.1, 0.15) is 104 Å². The van der Waals surface area contributed by atoms with E-state index in [1.165, 1.54) is 36.3 Å². The van der Waals surface area contributed by atoms with Crippen molar-refractivity contribution < 1.29 is 124 Å². The number of carboxylic acids is 1. The molecular formula is C90H115N6O26PS. The van der Waals surface area contributed by atoms with E-state index in [0.717, 1.165) is 62.4 Å². The summed E-state index contributed by atoms with van der Waals surface area (Å²) in [7, 11) is -2.49. The molecule has 6 amide bonds. The number of nitrogens with one attached hydrogen (secondary N) is 4. The molecule has 32 nitrogen and oxygen atoms in total. The Morgan fingerprint density at radius 1 is 0.556 bits per heavy atom. The van der Waals surface area contributed by atoms with E-state index < -0.39 is 79.9 Å². The number of Topliss-reactive ketones (excluding diaryl/α,β-unsaturated/α-hetero) is 1. The first kappa shape index (κ1) is 98.0. The molecule has 0 aromatic heterocycles. The fourth-order valence-corrected chi connectivity index (χ4v) is 16.7. The first-order valence-electron chi connectivity index (χ1n) is 41.5. The lowest BCUT2D eigenvalue weighted by atomic mass is 9.70. The van der Waals surface area contributed by atoms with E-state index in [-0.39, 0.29) is 216 Å². The normalized spacial score (nSPS) is 14.8. The van der Waals surface area contributed by atoms with Gasteiger partial charge in [-0.2, -0.15) is 16.8 Å². The van der Waals surface area contributed by atoms with E-state index in [1.54, 1.807) is 36.0 Å². The van der Waals surface area contributed by atoms with Crippen molar-refractivity contribution in [1.82, 2.24) is 26.3 Å². The van der Waals surface area contributed by atoms with Gasteiger partial charge in [-0.15, -0.1) is 0 Å². The lowest BCUT2D eigenvalue weighted by Gasteiger charge is -2.34. The highest BCUT2D eigenvalue weighted by Crippen LogP contribution is 2.47. The molecule has 124 heavy (non-hydrogen) atoms. The molecule has 1 saturated heterocycles. The maximum absolute atomic E-state index is 14.3. The highest BCUT2D eigenvalue weighted by molar-refractivity contribution is 7.99. The van der Waals surface area contributed by atoms with Gasteiger partial charge in [0.25, 0.3) is 0 Å². The molecule has 0 saturated carbocycles. The van der Waals surface area contributed by atoms with Crippen LogP contribution in [-0.4, -0.2) is 257 Å². The third kappa shape index (κ3) is 32.0. The number of carboxylic acid groups (broad SMARTS) is 1. The zero-order valence-electron chi connectivity index (χ0n) is 71.1. The Hall–Kier alpha value is -9.84. The highest BCUT2D eigenvalue weighted by Gasteiger charge is 2.44. The maximum Gasteiger partial charge on any atom is 0.435 e. The Morgan fingerprint density at radius 2 is 1.04 bits per heavy atom. The largest absolute Gasteiger partial charge is 0.491 e. The molecule has 1 heterocycles. The van der Waals surface area contributed by atoms with Gasteiger partial charge in [-0.05, 0) is 135 Å². The second-order valence-corrected chi connectivity index (χ2v) is 34.4. The summed E-state index contributed by atoms with van der Waals surface area (Å²) in [5.41, 5.74) is 10.8. The molecule has 0 radical (unpaired) electrons. The summed E-state index contributed by atoms with van der Waals surface area (Å²) in [5, 5.41) is 17.0. The number of amidine groups is 1. The average molecular weight is 1760 g/mol. The van der Waals surface area contributed by atoms with Crippen LogP contribution in [0, 0.1) is 35.0 Å². The first-order chi connectivity index (χ1) is 59.9. The fourth-order valence-electron chi connectivity index (χ4n) is 14.5. The zero-order valence-corrected chi connectivity index (χ0v) is 72.8. The number of alkyl carbamates (subject to hydrolysis) is 1. The number of rotatable bonds is 55. The SMILES string of the molecule is CONC(=O)C(C1CCSC1)C(CC(C)C)C(=O)CC(C(=O)NCCOCCOCCN(CCOCCOCC(=O)NCCOCCOc1ccc(C(=O)Oc2ccc(C(=NC(=O)OCC3c4ccccc4-c4ccccc43)NC(=O)OCC3c4ccccc4-c4ccccc43)cc2)cc1)C(=O)COCCOCP(=O)(O)COCCOCC(=O)O)C(C)(C)C. The third-order valence-corrected chi connectivity index (χ3v) is 22.9. The number of ketones is 1. The van der Waals surface area contributed by atoms with E-state index in [9.17, 15) is 52.6 Å². The van der Waals surface area contributed by atoms with Crippen LogP contribution in [0.3, 0.4) is 0 Å². The van der Waals surface area contributed by atoms with Gasteiger partial charge in [-0.25, -0.2) is 24.7 Å². The van der Waals surface area contributed by atoms with Crippen LogP contribution in [-0.2, 0) is 90.3 Å². The van der Waals surface area contributed by atoms with Gasteiger partial charge in [0.1, 0.15) is 75.5 Å². The number of benzene rings is 6. The molecule has 6 N–H and O–H groups in total. The predicted octanol–water partition coefficient (Wildman–Crippen LogP) is 10.3. The molecule has 0 spiro atoms. The molecule has 2 aliphatic carbocycles. The Bertz CT molecular complexity index is 4430. The quantitative estimate of drug-likeness (QED) is 0.00393. The summed E-state index contributed by atoms with van der Waals surface area (Å²) in [4.78, 5) is 140. The number of nitrogens with zero attached hydrogens (tertiary/aromatic N) is 2. The first-order valence-corrected chi connectivity index (χ1v) is 44.6. The average Bonchev–Trinajstić information content (AvgIpc) is 1.62. The molecule has 5 unspecified atom stereocenters. The van der Waals surface area contributed by atoms with Crippen LogP contribution in [0.5, 0.6) is 11.5 Å². The number of aliphatic imine (C=N–C) groups is 1. The van der Waals surface area contributed by atoms with Crippen molar-refractivity contribution in [3.8, 4) is 33.8 Å². The summed E-state index contributed by atoms with van der Waals surface area (Å²) >= 11 is 1.76. The van der Waals surface area contributed by atoms with E-state index >= 15 is 0 Å². The molecule has 6 aromatic rings. The molecule has 1 fully saturated rings. The minimum atomic E-state index is -3.86. The number of carbonyl (C=O) groups excluding carboxylic acids is 8. The molecule has 3 aliphatic rings. The molecule has 672 valence electrons. The number of aliphatic carboxylic acids is 1. The predicted molar refractivity (Wildman–Crippen MR) is 460 cm³/mol. The van der Waals surface area contributed by atoms with Gasteiger partial charge in [0, 0.05) is 61.8 Å². The van der Waals surface area contributed by atoms with Crippen molar-refractivity contribution in [1.29, 1.82) is 0 Å². The van der Waals surface area contributed by atoms with Crippen molar-refractivity contribution in [3.05, 3.63) is 179 Å². The summed E-state index contributed by atoms with van der Waals surface area (Å²) in [6.07, 6.45) is -1.59. The van der Waals surface area contributed by atoms with Crippen LogP contribution in [0.4, 0.5) is 9.59 Å². The number of thioether (sulfide) groups is 1. The number of fused-ring (bicyclic) bond motifs is 6. The molecule has 6 aromatic carbocycles. The van der Waals surface area contributed by atoms with Crippen LogP contribution >= 0.6 is 19.1 Å². The number of esters is 1. The third-order valence-electron chi connectivity index (χ3n) is 20.6. The standard InChI is InChI=1S/C90H115N6O26PS/c1-61(2)51-75(83(86(103)95-109-6)64-31-50-124-58-64)79(97)52-78(90(3,4)5)85(102)92-33-37-110-40-41-112-38-34-96(81(99)56-115-44-46-117-59-123(107,108)60-118-47-45-116-57-82(100)101)35-39-113-42-43-114-55-80(98)91-32-36-111-48-49-119-65-27-25-63(26-28-65)87(104)122-66-29-23-62(24-30-66)84(93-88(105)120-53-76-71-19-11-7-15-67(71)68-16-8-12-20-72(68)76)94-89(106)121-54-77-73-21-13-9-17-69(73)70-18-10-14-22-74(70)77/h7-30,61,64,75-78,83H,31-60H2,1-6H3,(H,91,98)(H,92,102)(H,95,103)(H,100,101)(H,107,108)(H,93,94,105,106). The molecule has 5 atom stereocenters. The lowest BCUT2D eigenvalue weighted by Crippen LogP contribution is -2.45. The van der Waals surface area contributed by atoms with Gasteiger partial charge in [0.15, 0.2) is 0 Å². The Balaban J connectivity index is 0.650. The number of hydrogen-bond donors (Lipinski definition) is 6. The fraction of sp³-hybridized carbons (Fsp3) is 0.489. The van der Waals surface area contributed by atoms with Gasteiger partial charge in [-0.3, -0.25) is 38.7 Å².